The van der Waals surface area contributed by atoms with E-state index in [4.69, 9.17) is 4.74 Å². The Morgan fingerprint density at radius 1 is 1.11 bits per heavy atom. The molecule has 0 saturated carbocycles. The lowest BCUT2D eigenvalue weighted by Crippen LogP contribution is -2.34. The van der Waals surface area contributed by atoms with Crippen LogP contribution in [0.2, 0.25) is 0 Å². The Kier molecular flexibility index (Phi) is 7.16. The van der Waals surface area contributed by atoms with Crippen molar-refractivity contribution in [2.75, 3.05) is 32.4 Å². The van der Waals surface area contributed by atoms with E-state index in [2.05, 4.69) is 60.0 Å². The lowest BCUT2D eigenvalue weighted by Gasteiger charge is -2.24. The van der Waals surface area contributed by atoms with Crippen molar-refractivity contribution < 1.29 is 4.74 Å². The molecular formula is C22H31N3OS. The predicted molar refractivity (Wildman–Crippen MR) is 114 cm³/mol. The summed E-state index contributed by atoms with van der Waals surface area (Å²) in [5.74, 6) is 1.49. The molecule has 1 aromatic carbocycles. The molecule has 0 amide bonds. The molecule has 27 heavy (non-hydrogen) atoms. The van der Waals surface area contributed by atoms with Crippen LogP contribution < -0.4 is 4.74 Å². The van der Waals surface area contributed by atoms with Crippen molar-refractivity contribution in [3.8, 4) is 11.6 Å². The Morgan fingerprint density at radius 3 is 2.63 bits per heavy atom. The van der Waals surface area contributed by atoms with Crippen LogP contribution in [0.3, 0.4) is 0 Å². The number of nitrogens with zero attached hydrogens (tertiary/aromatic N) is 3. The molecule has 1 fully saturated rings. The minimum absolute atomic E-state index is 0.636. The summed E-state index contributed by atoms with van der Waals surface area (Å²) in [6.07, 6.45) is 5.27. The molecule has 0 N–H and O–H groups in total. The molecule has 1 aliphatic heterocycles. The molecular weight excluding hydrogens is 354 g/mol. The van der Waals surface area contributed by atoms with Crippen molar-refractivity contribution in [1.29, 1.82) is 0 Å². The standard InChI is InChI=1S/C22H31N3OS/c1-17(2)25-11-5-10-24(12-13-25)16-19-6-9-22(23-15-19)26-20-7-8-21(27-4)18(3)14-20/h6-9,14-15,17H,5,10-13,16H2,1-4H3. The van der Waals surface area contributed by atoms with Crippen LogP contribution in [0.1, 0.15) is 31.4 Å². The van der Waals surface area contributed by atoms with Gasteiger partial charge in [-0.15, -0.1) is 11.8 Å². The van der Waals surface area contributed by atoms with Gasteiger partial charge in [0, 0.05) is 42.8 Å². The summed E-state index contributed by atoms with van der Waals surface area (Å²) < 4.78 is 5.92. The molecule has 2 aromatic rings. The number of pyridine rings is 1. The second-order valence-electron chi connectivity index (χ2n) is 7.50. The van der Waals surface area contributed by atoms with E-state index in [1.165, 1.54) is 29.0 Å². The highest BCUT2D eigenvalue weighted by molar-refractivity contribution is 7.98. The fraction of sp³-hybridized carbons (Fsp3) is 0.500. The van der Waals surface area contributed by atoms with Gasteiger partial charge in [0.15, 0.2) is 0 Å². The van der Waals surface area contributed by atoms with Crippen molar-refractivity contribution in [2.24, 2.45) is 0 Å². The Labute approximate surface area is 167 Å². The molecule has 2 heterocycles. The Morgan fingerprint density at radius 2 is 1.96 bits per heavy atom. The number of aromatic nitrogens is 1. The molecule has 4 nitrogen and oxygen atoms in total. The molecule has 1 aliphatic rings. The normalized spacial score (nSPS) is 16.5. The third-order valence-electron chi connectivity index (χ3n) is 5.15. The van der Waals surface area contributed by atoms with Crippen LogP contribution in [-0.2, 0) is 6.54 Å². The second kappa shape index (κ2) is 9.58. The first-order valence-electron chi connectivity index (χ1n) is 9.79. The summed E-state index contributed by atoms with van der Waals surface area (Å²) in [4.78, 5) is 10.9. The fourth-order valence-electron chi connectivity index (χ4n) is 3.52. The number of ether oxygens (including phenoxy) is 1. The summed E-state index contributed by atoms with van der Waals surface area (Å²) in [6, 6.07) is 10.9. The molecule has 0 atom stereocenters. The summed E-state index contributed by atoms with van der Waals surface area (Å²) in [5.41, 5.74) is 2.47. The smallest absolute Gasteiger partial charge is 0.219 e. The maximum Gasteiger partial charge on any atom is 0.219 e. The molecule has 146 valence electrons. The van der Waals surface area contributed by atoms with Gasteiger partial charge < -0.3 is 4.74 Å². The predicted octanol–water partition coefficient (Wildman–Crippen LogP) is 4.82. The molecule has 3 rings (SSSR count). The van der Waals surface area contributed by atoms with Gasteiger partial charge in [0.05, 0.1) is 0 Å². The van der Waals surface area contributed by atoms with E-state index in [-0.39, 0.29) is 0 Å². The van der Waals surface area contributed by atoms with E-state index in [0.29, 0.717) is 11.9 Å². The number of hydrogen-bond acceptors (Lipinski definition) is 5. The zero-order valence-corrected chi connectivity index (χ0v) is 17.8. The van der Waals surface area contributed by atoms with Gasteiger partial charge in [-0.25, -0.2) is 4.98 Å². The number of aryl methyl sites for hydroxylation is 1. The lowest BCUT2D eigenvalue weighted by molar-refractivity contribution is 0.218. The highest BCUT2D eigenvalue weighted by Gasteiger charge is 2.16. The summed E-state index contributed by atoms with van der Waals surface area (Å²) >= 11 is 1.75. The lowest BCUT2D eigenvalue weighted by atomic mass is 10.2. The minimum atomic E-state index is 0.636. The van der Waals surface area contributed by atoms with Crippen LogP contribution in [0.4, 0.5) is 0 Å². The average Bonchev–Trinajstić information content (AvgIpc) is 2.89. The van der Waals surface area contributed by atoms with Crippen LogP contribution in [0.25, 0.3) is 0 Å². The first-order valence-corrected chi connectivity index (χ1v) is 11.0. The highest BCUT2D eigenvalue weighted by Crippen LogP contribution is 2.27. The number of thioether (sulfide) groups is 1. The van der Waals surface area contributed by atoms with Gasteiger partial charge in [0.1, 0.15) is 5.75 Å². The molecule has 5 heteroatoms. The Hall–Kier alpha value is -1.56. The van der Waals surface area contributed by atoms with Crippen molar-refractivity contribution in [3.63, 3.8) is 0 Å². The van der Waals surface area contributed by atoms with E-state index < -0.39 is 0 Å². The second-order valence-corrected chi connectivity index (χ2v) is 8.35. The molecule has 0 spiro atoms. The van der Waals surface area contributed by atoms with E-state index >= 15 is 0 Å². The molecule has 0 aliphatic carbocycles. The SMILES string of the molecule is CSc1ccc(Oc2ccc(CN3CCCN(C(C)C)CC3)cn2)cc1C. The third kappa shape index (κ3) is 5.71. The molecule has 1 aromatic heterocycles. The van der Waals surface area contributed by atoms with Gasteiger partial charge in [-0.2, -0.15) is 0 Å². The number of hydrogen-bond donors (Lipinski definition) is 0. The number of benzene rings is 1. The quantitative estimate of drug-likeness (QED) is 0.665. The van der Waals surface area contributed by atoms with E-state index in [9.17, 15) is 0 Å². The van der Waals surface area contributed by atoms with Crippen LogP contribution in [0.15, 0.2) is 41.4 Å². The van der Waals surface area contributed by atoms with E-state index in [1.807, 2.05) is 18.3 Å². The maximum absolute atomic E-state index is 5.92. The molecule has 0 unspecified atom stereocenters. The van der Waals surface area contributed by atoms with Crippen LogP contribution >= 0.6 is 11.8 Å². The average molecular weight is 386 g/mol. The first kappa shape index (κ1) is 20.2. The van der Waals surface area contributed by atoms with Crippen LogP contribution in [0.5, 0.6) is 11.6 Å². The van der Waals surface area contributed by atoms with Gasteiger partial charge in [0.2, 0.25) is 5.88 Å². The monoisotopic (exact) mass is 385 g/mol. The molecule has 1 saturated heterocycles. The number of rotatable bonds is 6. The Bertz CT molecular complexity index is 733. The van der Waals surface area contributed by atoms with E-state index in [0.717, 1.165) is 31.9 Å². The van der Waals surface area contributed by atoms with Gasteiger partial charge in [0.25, 0.3) is 0 Å². The zero-order chi connectivity index (χ0) is 19.2. The summed E-state index contributed by atoms with van der Waals surface area (Å²) in [7, 11) is 0. The van der Waals surface area contributed by atoms with Gasteiger partial charge in [-0.1, -0.05) is 6.07 Å². The highest BCUT2D eigenvalue weighted by atomic mass is 32.2. The van der Waals surface area contributed by atoms with Crippen molar-refractivity contribution in [2.45, 2.75) is 44.7 Å². The zero-order valence-electron chi connectivity index (χ0n) is 16.9. The van der Waals surface area contributed by atoms with Crippen molar-refractivity contribution in [1.82, 2.24) is 14.8 Å². The molecule has 0 bridgehead atoms. The topological polar surface area (TPSA) is 28.6 Å². The van der Waals surface area contributed by atoms with Crippen LogP contribution in [-0.4, -0.2) is 53.3 Å². The van der Waals surface area contributed by atoms with Gasteiger partial charge in [-0.05, 0) is 75.9 Å². The minimum Gasteiger partial charge on any atom is -0.439 e. The van der Waals surface area contributed by atoms with Crippen molar-refractivity contribution in [3.05, 3.63) is 47.7 Å². The summed E-state index contributed by atoms with van der Waals surface area (Å²) in [6.45, 7) is 12.3. The van der Waals surface area contributed by atoms with E-state index in [1.54, 1.807) is 11.8 Å². The maximum atomic E-state index is 5.92. The summed E-state index contributed by atoms with van der Waals surface area (Å²) in [5, 5.41) is 0. The van der Waals surface area contributed by atoms with Gasteiger partial charge >= 0.3 is 0 Å². The largest absolute Gasteiger partial charge is 0.439 e. The third-order valence-corrected chi connectivity index (χ3v) is 6.04. The molecule has 0 radical (unpaired) electrons. The Balaban J connectivity index is 1.56. The van der Waals surface area contributed by atoms with Gasteiger partial charge in [-0.3, -0.25) is 9.80 Å². The first-order chi connectivity index (χ1) is 13.0. The van der Waals surface area contributed by atoms with Crippen molar-refractivity contribution >= 4 is 11.8 Å². The fourth-order valence-corrected chi connectivity index (χ4v) is 4.11. The van der Waals surface area contributed by atoms with Crippen LogP contribution in [0, 0.1) is 6.92 Å².